The van der Waals surface area contributed by atoms with Crippen molar-refractivity contribution in [2.24, 2.45) is 0 Å². The first-order valence-corrected chi connectivity index (χ1v) is 8.50. The molecule has 0 amide bonds. The molecule has 0 aliphatic heterocycles. The number of hydrogen-bond acceptors (Lipinski definition) is 5. The van der Waals surface area contributed by atoms with Gasteiger partial charge >= 0.3 is 5.97 Å². The van der Waals surface area contributed by atoms with Gasteiger partial charge in [-0.2, -0.15) is 9.98 Å². The van der Waals surface area contributed by atoms with Crippen molar-refractivity contribution in [3.05, 3.63) is 65.0 Å². The molecule has 0 saturated heterocycles. The summed E-state index contributed by atoms with van der Waals surface area (Å²) in [6, 6.07) is 9.10. The van der Waals surface area contributed by atoms with Crippen LogP contribution in [-0.2, 0) is 26.2 Å². The quantitative estimate of drug-likeness (QED) is 0.607. The second kappa shape index (κ2) is 7.99. The molecule has 0 radical (unpaired) electrons. The molecular formula is C16H11F3N2O4S. The molecule has 0 atom stereocenters. The minimum absolute atomic E-state index is 0.213. The van der Waals surface area contributed by atoms with Crippen molar-refractivity contribution in [1.82, 2.24) is 4.72 Å². The van der Waals surface area contributed by atoms with Crippen LogP contribution in [0.1, 0.15) is 11.1 Å². The van der Waals surface area contributed by atoms with E-state index >= 15 is 0 Å². The van der Waals surface area contributed by atoms with Gasteiger partial charge in [0, 0.05) is 0 Å². The Hall–Kier alpha value is -2.90. The van der Waals surface area contributed by atoms with Crippen molar-refractivity contribution in [3.8, 4) is 6.07 Å². The Balaban J connectivity index is 1.98. The van der Waals surface area contributed by atoms with Gasteiger partial charge < -0.3 is 4.74 Å². The lowest BCUT2D eigenvalue weighted by molar-refractivity contribution is -0.143. The molecule has 0 aliphatic rings. The normalized spacial score (nSPS) is 11.0. The van der Waals surface area contributed by atoms with Crippen LogP contribution in [0.4, 0.5) is 13.2 Å². The maximum atomic E-state index is 13.5. The van der Waals surface area contributed by atoms with Crippen molar-refractivity contribution < 1.29 is 31.1 Å². The predicted molar refractivity (Wildman–Crippen MR) is 82.5 cm³/mol. The monoisotopic (exact) mass is 384 g/mol. The first kappa shape index (κ1) is 19.4. The molecular weight excluding hydrogens is 373 g/mol. The van der Waals surface area contributed by atoms with Gasteiger partial charge in [0.1, 0.15) is 18.0 Å². The largest absolute Gasteiger partial charge is 0.460 e. The van der Waals surface area contributed by atoms with E-state index in [0.29, 0.717) is 23.3 Å². The van der Waals surface area contributed by atoms with Gasteiger partial charge in [0.15, 0.2) is 17.5 Å². The van der Waals surface area contributed by atoms with E-state index in [1.165, 1.54) is 6.07 Å². The Kier molecular flexibility index (Phi) is 5.97. The van der Waals surface area contributed by atoms with Gasteiger partial charge in [-0.15, -0.1) is 0 Å². The van der Waals surface area contributed by atoms with E-state index in [1.807, 2.05) is 6.07 Å². The van der Waals surface area contributed by atoms with Crippen LogP contribution in [0, 0.1) is 28.8 Å². The maximum absolute atomic E-state index is 13.5. The van der Waals surface area contributed by atoms with E-state index in [2.05, 4.69) is 0 Å². The number of nitrogens with zero attached hydrogens (tertiary/aromatic N) is 1. The summed E-state index contributed by atoms with van der Waals surface area (Å²) in [5, 5.41) is 8.77. The molecule has 10 heteroatoms. The highest BCUT2D eigenvalue weighted by Gasteiger charge is 2.24. The first-order chi connectivity index (χ1) is 12.2. The molecule has 0 bridgehead atoms. The number of benzene rings is 2. The van der Waals surface area contributed by atoms with Crippen molar-refractivity contribution in [2.75, 3.05) is 6.54 Å². The lowest BCUT2D eigenvalue weighted by Gasteiger charge is -2.09. The Morgan fingerprint density at radius 1 is 1.15 bits per heavy atom. The lowest BCUT2D eigenvalue weighted by Crippen LogP contribution is -2.31. The van der Waals surface area contributed by atoms with Gasteiger partial charge in [-0.25, -0.2) is 21.6 Å². The third-order valence-corrected chi connectivity index (χ3v) is 4.57. The molecule has 2 aromatic carbocycles. The zero-order valence-corrected chi connectivity index (χ0v) is 13.8. The van der Waals surface area contributed by atoms with Crippen LogP contribution in [0.15, 0.2) is 41.3 Å². The van der Waals surface area contributed by atoms with Gasteiger partial charge in [0.05, 0.1) is 11.6 Å². The summed E-state index contributed by atoms with van der Waals surface area (Å²) >= 11 is 0. The molecule has 0 aliphatic carbocycles. The molecule has 136 valence electrons. The summed E-state index contributed by atoms with van der Waals surface area (Å²) in [6.45, 7) is -1.06. The summed E-state index contributed by atoms with van der Waals surface area (Å²) in [6.07, 6.45) is 0. The van der Waals surface area contributed by atoms with Gasteiger partial charge in [0.25, 0.3) is 0 Å². The fourth-order valence-electron chi connectivity index (χ4n) is 1.89. The van der Waals surface area contributed by atoms with Crippen molar-refractivity contribution in [1.29, 1.82) is 5.26 Å². The van der Waals surface area contributed by atoms with E-state index in [4.69, 9.17) is 10.00 Å². The molecule has 0 spiro atoms. The van der Waals surface area contributed by atoms with Crippen LogP contribution in [0.2, 0.25) is 0 Å². The summed E-state index contributed by atoms with van der Waals surface area (Å²) in [7, 11) is -4.59. The van der Waals surface area contributed by atoms with Gasteiger partial charge in [-0.3, -0.25) is 4.79 Å². The Morgan fingerprint density at radius 3 is 2.58 bits per heavy atom. The molecule has 0 aromatic heterocycles. The van der Waals surface area contributed by atoms with Crippen LogP contribution >= 0.6 is 0 Å². The average molecular weight is 384 g/mol. The number of esters is 1. The van der Waals surface area contributed by atoms with Crippen molar-refractivity contribution in [3.63, 3.8) is 0 Å². The van der Waals surface area contributed by atoms with Crippen LogP contribution < -0.4 is 4.72 Å². The third kappa shape index (κ3) is 4.59. The molecule has 2 aromatic rings. The number of carbonyl (C=O) groups is 1. The van der Waals surface area contributed by atoms with Crippen LogP contribution in [0.3, 0.4) is 0 Å². The highest BCUT2D eigenvalue weighted by molar-refractivity contribution is 7.89. The molecule has 6 nitrogen and oxygen atoms in total. The number of sulfonamides is 1. The van der Waals surface area contributed by atoms with Crippen LogP contribution in [0.25, 0.3) is 0 Å². The SMILES string of the molecule is N#Cc1cccc(COC(=O)CNS(=O)(=O)c2ccc(F)c(F)c2F)c1. The number of hydrogen-bond donors (Lipinski definition) is 1. The number of ether oxygens (including phenoxy) is 1. The summed E-state index contributed by atoms with van der Waals surface area (Å²) in [5.74, 6) is -6.36. The minimum atomic E-state index is -4.59. The van der Waals surface area contributed by atoms with Crippen LogP contribution in [0.5, 0.6) is 0 Å². The zero-order valence-electron chi connectivity index (χ0n) is 13.0. The molecule has 26 heavy (non-hydrogen) atoms. The zero-order chi connectivity index (χ0) is 19.3. The minimum Gasteiger partial charge on any atom is -0.460 e. The highest BCUT2D eigenvalue weighted by Crippen LogP contribution is 2.19. The molecule has 0 saturated carbocycles. The molecule has 2 rings (SSSR count). The van der Waals surface area contributed by atoms with E-state index in [9.17, 15) is 26.4 Å². The second-order valence-electron chi connectivity index (χ2n) is 4.97. The molecule has 0 unspecified atom stereocenters. The van der Waals surface area contributed by atoms with E-state index in [-0.39, 0.29) is 6.61 Å². The molecule has 0 fully saturated rings. The molecule has 0 heterocycles. The fourth-order valence-corrected chi connectivity index (χ4v) is 2.93. The summed E-state index contributed by atoms with van der Waals surface area (Å²) in [4.78, 5) is 10.5. The number of nitriles is 1. The fraction of sp³-hybridized carbons (Fsp3) is 0.125. The number of carbonyl (C=O) groups excluding carboxylic acids is 1. The topological polar surface area (TPSA) is 96.3 Å². The summed E-state index contributed by atoms with van der Waals surface area (Å²) < 4.78 is 69.9. The summed E-state index contributed by atoms with van der Waals surface area (Å²) in [5.41, 5.74) is 0.861. The smallest absolute Gasteiger partial charge is 0.321 e. The second-order valence-corrected chi connectivity index (χ2v) is 6.71. The Morgan fingerprint density at radius 2 is 1.88 bits per heavy atom. The molecule has 1 N–H and O–H groups in total. The average Bonchev–Trinajstić information content (AvgIpc) is 2.62. The first-order valence-electron chi connectivity index (χ1n) is 7.02. The van der Waals surface area contributed by atoms with Crippen LogP contribution in [-0.4, -0.2) is 20.9 Å². The highest BCUT2D eigenvalue weighted by atomic mass is 32.2. The Labute approximate surface area is 146 Å². The maximum Gasteiger partial charge on any atom is 0.321 e. The van der Waals surface area contributed by atoms with Gasteiger partial charge in [0.2, 0.25) is 10.0 Å². The van der Waals surface area contributed by atoms with E-state index in [0.717, 1.165) is 0 Å². The third-order valence-electron chi connectivity index (χ3n) is 3.15. The van der Waals surface area contributed by atoms with E-state index < -0.39 is 44.9 Å². The predicted octanol–water partition coefficient (Wildman–Crippen LogP) is 2.00. The van der Waals surface area contributed by atoms with Gasteiger partial charge in [-0.1, -0.05) is 12.1 Å². The van der Waals surface area contributed by atoms with Crippen molar-refractivity contribution >= 4 is 16.0 Å². The number of halogens is 3. The number of nitrogens with one attached hydrogen (secondary N) is 1. The number of rotatable bonds is 6. The lowest BCUT2D eigenvalue weighted by atomic mass is 10.1. The standard InChI is InChI=1S/C16H11F3N2O4S/c17-12-4-5-13(16(19)15(12)18)26(23,24)21-8-14(22)25-9-11-3-1-2-10(6-11)7-20/h1-6,21H,8-9H2. The Bertz CT molecular complexity index is 987. The van der Waals surface area contributed by atoms with E-state index in [1.54, 1.807) is 22.9 Å². The van der Waals surface area contributed by atoms with Gasteiger partial charge in [-0.05, 0) is 29.8 Å². The van der Waals surface area contributed by atoms with Crippen molar-refractivity contribution in [2.45, 2.75) is 11.5 Å².